The standard InChI is InChI=1S/C17H11ClF4N4/c1-8-6-14(24-9-2-3-11(19)10(18)7-9)26-17(23-8)25-13-5-4-12(20)15(21)16(13)22/h2-7H,1H3,(H2,23,24,25,26). The third-order valence-electron chi connectivity index (χ3n) is 3.33. The molecule has 0 fully saturated rings. The minimum atomic E-state index is -1.60. The van der Waals surface area contributed by atoms with E-state index in [2.05, 4.69) is 20.6 Å². The molecule has 3 aromatic rings. The highest BCUT2D eigenvalue weighted by molar-refractivity contribution is 6.31. The predicted octanol–water partition coefficient (Wildman–Crippen LogP) is 5.48. The van der Waals surface area contributed by atoms with Crippen molar-refractivity contribution in [2.75, 3.05) is 10.6 Å². The van der Waals surface area contributed by atoms with Gasteiger partial charge in [-0.05, 0) is 37.3 Å². The van der Waals surface area contributed by atoms with Crippen molar-refractivity contribution in [3.8, 4) is 0 Å². The molecule has 0 aliphatic heterocycles. The Morgan fingerprint density at radius 1 is 0.846 bits per heavy atom. The number of hydrogen-bond donors (Lipinski definition) is 2. The minimum Gasteiger partial charge on any atom is -0.340 e. The molecule has 0 bridgehead atoms. The molecule has 0 amide bonds. The molecule has 0 aliphatic rings. The summed E-state index contributed by atoms with van der Waals surface area (Å²) < 4.78 is 53.3. The van der Waals surface area contributed by atoms with E-state index >= 15 is 0 Å². The lowest BCUT2D eigenvalue weighted by Gasteiger charge is -2.11. The second-order valence-electron chi connectivity index (χ2n) is 5.32. The van der Waals surface area contributed by atoms with Crippen LogP contribution in [0, 0.1) is 30.2 Å². The second kappa shape index (κ2) is 7.17. The molecule has 0 aliphatic carbocycles. The molecular formula is C17H11ClF4N4. The summed E-state index contributed by atoms with van der Waals surface area (Å²) in [6, 6.07) is 7.43. The van der Waals surface area contributed by atoms with Crippen LogP contribution in [0.15, 0.2) is 36.4 Å². The molecule has 1 aromatic heterocycles. The molecule has 0 radical (unpaired) electrons. The first-order chi connectivity index (χ1) is 12.3. The summed E-state index contributed by atoms with van der Waals surface area (Å²) in [5.41, 5.74) is 0.672. The first-order valence-electron chi connectivity index (χ1n) is 7.32. The number of aryl methyl sites for hydroxylation is 1. The van der Waals surface area contributed by atoms with Crippen LogP contribution in [0.3, 0.4) is 0 Å². The number of anilines is 4. The van der Waals surface area contributed by atoms with Crippen molar-refractivity contribution in [1.82, 2.24) is 9.97 Å². The van der Waals surface area contributed by atoms with Crippen molar-refractivity contribution in [3.05, 3.63) is 70.4 Å². The third-order valence-corrected chi connectivity index (χ3v) is 3.62. The number of halogens is 5. The van der Waals surface area contributed by atoms with Gasteiger partial charge in [0.1, 0.15) is 11.6 Å². The number of rotatable bonds is 4. The van der Waals surface area contributed by atoms with Gasteiger partial charge < -0.3 is 10.6 Å². The van der Waals surface area contributed by atoms with E-state index in [4.69, 9.17) is 11.6 Å². The summed E-state index contributed by atoms with van der Waals surface area (Å²) >= 11 is 5.73. The number of nitrogens with zero attached hydrogens (tertiary/aromatic N) is 2. The molecule has 2 N–H and O–H groups in total. The third kappa shape index (κ3) is 3.85. The van der Waals surface area contributed by atoms with E-state index in [1.54, 1.807) is 13.0 Å². The summed E-state index contributed by atoms with van der Waals surface area (Å²) in [5, 5.41) is 5.34. The molecular weight excluding hydrogens is 372 g/mol. The Bertz CT molecular complexity index is 981. The van der Waals surface area contributed by atoms with Crippen LogP contribution in [0.2, 0.25) is 5.02 Å². The molecule has 26 heavy (non-hydrogen) atoms. The highest BCUT2D eigenvalue weighted by Crippen LogP contribution is 2.25. The van der Waals surface area contributed by atoms with Crippen molar-refractivity contribution >= 4 is 34.7 Å². The van der Waals surface area contributed by atoms with E-state index in [0.717, 1.165) is 12.1 Å². The van der Waals surface area contributed by atoms with E-state index in [9.17, 15) is 17.6 Å². The quantitative estimate of drug-likeness (QED) is 0.463. The highest BCUT2D eigenvalue weighted by atomic mass is 35.5. The zero-order valence-corrected chi connectivity index (χ0v) is 14.0. The van der Waals surface area contributed by atoms with E-state index in [-0.39, 0.29) is 16.7 Å². The summed E-state index contributed by atoms with van der Waals surface area (Å²) in [5.74, 6) is -4.56. The van der Waals surface area contributed by atoms with Crippen LogP contribution < -0.4 is 10.6 Å². The molecule has 134 valence electrons. The van der Waals surface area contributed by atoms with Crippen molar-refractivity contribution in [3.63, 3.8) is 0 Å². The predicted molar refractivity (Wildman–Crippen MR) is 91.1 cm³/mol. The maximum absolute atomic E-state index is 13.8. The lowest BCUT2D eigenvalue weighted by Crippen LogP contribution is -2.05. The molecule has 0 saturated heterocycles. The lowest BCUT2D eigenvalue weighted by molar-refractivity contribution is 0.449. The topological polar surface area (TPSA) is 49.8 Å². The number of nitrogens with one attached hydrogen (secondary N) is 2. The molecule has 2 aromatic carbocycles. The van der Waals surface area contributed by atoms with E-state index in [1.165, 1.54) is 18.2 Å². The van der Waals surface area contributed by atoms with Crippen molar-refractivity contribution in [2.24, 2.45) is 0 Å². The summed E-state index contributed by atoms with van der Waals surface area (Å²) in [6.45, 7) is 1.66. The Morgan fingerprint density at radius 2 is 1.58 bits per heavy atom. The second-order valence-corrected chi connectivity index (χ2v) is 5.73. The van der Waals surface area contributed by atoms with Crippen molar-refractivity contribution in [1.29, 1.82) is 0 Å². The first kappa shape index (κ1) is 17.9. The monoisotopic (exact) mass is 382 g/mol. The van der Waals surface area contributed by atoms with Crippen molar-refractivity contribution in [2.45, 2.75) is 6.92 Å². The van der Waals surface area contributed by atoms with Gasteiger partial charge in [0.2, 0.25) is 5.95 Å². The van der Waals surface area contributed by atoms with Gasteiger partial charge in [-0.15, -0.1) is 0 Å². The van der Waals surface area contributed by atoms with Gasteiger partial charge in [-0.3, -0.25) is 0 Å². The van der Waals surface area contributed by atoms with Crippen molar-refractivity contribution < 1.29 is 17.6 Å². The van der Waals surface area contributed by atoms with Crippen LogP contribution in [-0.4, -0.2) is 9.97 Å². The number of hydrogen-bond acceptors (Lipinski definition) is 4. The van der Waals surface area contributed by atoms with E-state index in [0.29, 0.717) is 17.2 Å². The molecule has 0 spiro atoms. The molecule has 0 atom stereocenters. The summed E-state index contributed by atoms with van der Waals surface area (Å²) in [4.78, 5) is 8.18. The molecule has 4 nitrogen and oxygen atoms in total. The van der Waals surface area contributed by atoms with Gasteiger partial charge in [-0.2, -0.15) is 4.98 Å². The number of benzene rings is 2. The Balaban J connectivity index is 1.88. The Labute approximate surface area is 150 Å². The molecule has 9 heteroatoms. The minimum absolute atomic E-state index is 0.0365. The first-order valence-corrected chi connectivity index (χ1v) is 7.69. The van der Waals surface area contributed by atoms with Crippen LogP contribution in [0.1, 0.15) is 5.69 Å². The van der Waals surface area contributed by atoms with Crippen LogP contribution in [0.25, 0.3) is 0 Å². The largest absolute Gasteiger partial charge is 0.340 e. The van der Waals surface area contributed by atoms with Gasteiger partial charge in [-0.1, -0.05) is 11.6 Å². The SMILES string of the molecule is Cc1cc(Nc2ccc(F)c(Cl)c2)nc(Nc2ccc(F)c(F)c2F)n1. The lowest BCUT2D eigenvalue weighted by atomic mass is 10.3. The molecule has 1 heterocycles. The molecule has 3 rings (SSSR count). The van der Waals surface area contributed by atoms with Gasteiger partial charge in [0.25, 0.3) is 0 Å². The van der Waals surface area contributed by atoms with Gasteiger partial charge in [-0.25, -0.2) is 22.5 Å². The van der Waals surface area contributed by atoms with Crippen LogP contribution in [0.4, 0.5) is 40.7 Å². The van der Waals surface area contributed by atoms with Gasteiger partial charge in [0.05, 0.1) is 10.7 Å². The summed E-state index contributed by atoms with van der Waals surface area (Å²) in [6.07, 6.45) is 0. The summed E-state index contributed by atoms with van der Waals surface area (Å²) in [7, 11) is 0. The van der Waals surface area contributed by atoms with E-state index < -0.39 is 23.3 Å². The maximum Gasteiger partial charge on any atom is 0.229 e. The van der Waals surface area contributed by atoms with Crippen LogP contribution >= 0.6 is 11.6 Å². The zero-order valence-electron chi connectivity index (χ0n) is 13.2. The molecule has 0 unspecified atom stereocenters. The fourth-order valence-corrected chi connectivity index (χ4v) is 2.33. The van der Waals surface area contributed by atoms with Gasteiger partial charge in [0.15, 0.2) is 17.5 Å². The molecule has 0 saturated carbocycles. The fraction of sp³-hybridized carbons (Fsp3) is 0.0588. The van der Waals surface area contributed by atoms with Crippen LogP contribution in [-0.2, 0) is 0 Å². The zero-order chi connectivity index (χ0) is 18.8. The van der Waals surface area contributed by atoms with E-state index in [1.807, 2.05) is 0 Å². The average Bonchev–Trinajstić information content (AvgIpc) is 2.58. The van der Waals surface area contributed by atoms with Crippen LogP contribution in [0.5, 0.6) is 0 Å². The normalized spacial score (nSPS) is 10.7. The highest BCUT2D eigenvalue weighted by Gasteiger charge is 2.14. The maximum atomic E-state index is 13.8. The Morgan fingerprint density at radius 3 is 2.31 bits per heavy atom. The Hall–Kier alpha value is -2.87. The van der Waals surface area contributed by atoms with Gasteiger partial charge in [0, 0.05) is 17.4 Å². The smallest absolute Gasteiger partial charge is 0.229 e. The number of aromatic nitrogens is 2. The fourth-order valence-electron chi connectivity index (χ4n) is 2.15. The average molecular weight is 383 g/mol. The van der Waals surface area contributed by atoms with Gasteiger partial charge >= 0.3 is 0 Å². The Kier molecular flexibility index (Phi) is 4.94.